The third kappa shape index (κ3) is 4.66. The normalized spacial score (nSPS) is 19.0. The molecule has 1 aromatic carbocycles. The van der Waals surface area contributed by atoms with Crippen molar-refractivity contribution in [3.63, 3.8) is 0 Å². The minimum absolute atomic E-state index is 0.0470. The van der Waals surface area contributed by atoms with Gasteiger partial charge in [-0.1, -0.05) is 16.8 Å². The lowest BCUT2D eigenvalue weighted by Crippen LogP contribution is -2.39. The number of alkyl halides is 3. The van der Waals surface area contributed by atoms with Crippen LogP contribution in [0.25, 0.3) is 22.5 Å². The maximum Gasteiger partial charge on any atom is 0.436 e. The molecule has 0 bridgehead atoms. The summed E-state index contributed by atoms with van der Waals surface area (Å²) in [5.74, 6) is -1.61. The van der Waals surface area contributed by atoms with Gasteiger partial charge in [-0.15, -0.1) is 5.10 Å². The Bertz CT molecular complexity index is 1700. The van der Waals surface area contributed by atoms with Crippen LogP contribution >= 0.6 is 11.6 Å². The number of aliphatic hydroxyl groups is 1. The highest BCUT2D eigenvalue weighted by Gasteiger charge is 2.42. The second-order valence-electron chi connectivity index (χ2n) is 9.63. The first-order valence-corrected chi connectivity index (χ1v) is 12.7. The number of benzene rings is 1. The molecular weight excluding hydrogens is 573 g/mol. The Hall–Kier alpha value is -4.17. The van der Waals surface area contributed by atoms with Crippen LogP contribution in [0.3, 0.4) is 0 Å². The van der Waals surface area contributed by atoms with Crippen molar-refractivity contribution in [3.05, 3.63) is 82.3 Å². The van der Waals surface area contributed by atoms with Crippen LogP contribution in [0.15, 0.2) is 42.9 Å². The molecule has 0 radical (unpaired) electrons. The third-order valence-electron chi connectivity index (χ3n) is 7.25. The fourth-order valence-electron chi connectivity index (χ4n) is 5.39. The zero-order chi connectivity index (χ0) is 29.1. The molecule has 1 amide bonds. The number of aromatic nitrogens is 6. The van der Waals surface area contributed by atoms with Gasteiger partial charge in [-0.2, -0.15) is 13.2 Å². The van der Waals surface area contributed by atoms with Crippen molar-refractivity contribution in [1.82, 2.24) is 34.8 Å². The predicted octanol–water partition coefficient (Wildman–Crippen LogP) is 5.01. The summed E-state index contributed by atoms with van der Waals surface area (Å²) in [6, 6.07) is 3.10. The Kier molecular flexibility index (Phi) is 6.61. The van der Waals surface area contributed by atoms with Crippen LogP contribution in [0, 0.1) is 11.6 Å². The molecule has 0 aliphatic carbocycles. The van der Waals surface area contributed by atoms with E-state index in [4.69, 9.17) is 11.6 Å². The molecule has 1 fully saturated rings. The van der Waals surface area contributed by atoms with Crippen LogP contribution in [-0.4, -0.2) is 51.9 Å². The van der Waals surface area contributed by atoms with Gasteiger partial charge in [0.15, 0.2) is 17.3 Å². The number of fused-ring (bicyclic) bond motifs is 1. The van der Waals surface area contributed by atoms with E-state index in [0.29, 0.717) is 30.6 Å². The molecule has 9 nitrogen and oxygen atoms in total. The van der Waals surface area contributed by atoms with Crippen LogP contribution in [-0.2, 0) is 17.6 Å². The molecule has 212 valence electrons. The average Bonchev–Trinajstić information content (AvgIpc) is 3.69. The lowest BCUT2D eigenvalue weighted by Gasteiger charge is -2.33. The molecule has 0 spiro atoms. The summed E-state index contributed by atoms with van der Waals surface area (Å²) in [7, 11) is 0. The zero-order valence-electron chi connectivity index (χ0n) is 20.8. The van der Waals surface area contributed by atoms with Crippen molar-refractivity contribution < 1.29 is 31.9 Å². The fraction of sp³-hybridized carbons (Fsp3) is 0.269. The maximum atomic E-state index is 15.4. The van der Waals surface area contributed by atoms with Crippen molar-refractivity contribution in [2.24, 2.45) is 0 Å². The van der Waals surface area contributed by atoms with E-state index in [-0.39, 0.29) is 45.6 Å². The third-order valence-corrected chi connectivity index (χ3v) is 7.54. The van der Waals surface area contributed by atoms with Gasteiger partial charge in [0.2, 0.25) is 5.91 Å². The van der Waals surface area contributed by atoms with Gasteiger partial charge in [0, 0.05) is 29.4 Å². The number of aromatic amines is 1. The van der Waals surface area contributed by atoms with Gasteiger partial charge in [0.1, 0.15) is 11.5 Å². The van der Waals surface area contributed by atoms with E-state index in [1.807, 2.05) is 0 Å². The van der Waals surface area contributed by atoms with Crippen molar-refractivity contribution in [3.8, 4) is 16.9 Å². The van der Waals surface area contributed by atoms with Crippen molar-refractivity contribution in [2.75, 3.05) is 0 Å². The van der Waals surface area contributed by atoms with E-state index < -0.39 is 42.1 Å². The number of nitrogens with zero attached hydrogens (tertiary/aromatic N) is 6. The molecule has 2 N–H and O–H groups in total. The largest absolute Gasteiger partial charge is 0.436 e. The zero-order valence-corrected chi connectivity index (χ0v) is 21.6. The number of H-pyrrole nitrogens is 1. The lowest BCUT2D eigenvalue weighted by atomic mass is 9.92. The number of aliphatic hydroxyl groups excluding tert-OH is 1. The van der Waals surface area contributed by atoms with Crippen molar-refractivity contribution in [1.29, 1.82) is 0 Å². The van der Waals surface area contributed by atoms with E-state index in [1.165, 1.54) is 36.7 Å². The first-order chi connectivity index (χ1) is 19.6. The quantitative estimate of drug-likeness (QED) is 0.315. The number of amides is 1. The summed E-state index contributed by atoms with van der Waals surface area (Å²) >= 11 is 6.02. The number of carbonyl (C=O) groups is 1. The van der Waals surface area contributed by atoms with E-state index >= 15 is 4.39 Å². The molecule has 15 heteroatoms. The second-order valence-corrected chi connectivity index (χ2v) is 10.0. The summed E-state index contributed by atoms with van der Waals surface area (Å²) in [5, 5.41) is 15.7. The molecule has 6 rings (SSSR count). The van der Waals surface area contributed by atoms with E-state index in [1.54, 1.807) is 4.90 Å². The molecule has 1 saturated heterocycles. The van der Waals surface area contributed by atoms with E-state index in [0.717, 1.165) is 4.68 Å². The molecule has 3 aromatic heterocycles. The molecule has 41 heavy (non-hydrogen) atoms. The topological polar surface area (TPSA) is 113 Å². The lowest BCUT2D eigenvalue weighted by molar-refractivity contribution is -0.141. The average molecular weight is 592 g/mol. The second kappa shape index (κ2) is 10.0. The van der Waals surface area contributed by atoms with Crippen LogP contribution in [0.1, 0.15) is 48.1 Å². The fourth-order valence-corrected chi connectivity index (χ4v) is 5.55. The first kappa shape index (κ1) is 27.0. The predicted molar refractivity (Wildman–Crippen MR) is 134 cm³/mol. The SMILES string of the molecule is O=C1C=C(c2c(-n3cc(C(F)(F)F)nn3)ccc(Cl)c2F)C[C@H]2CC[C@@H](c3ncc(-c4ccnc(CO)c4F)[nH]3)N12. The summed E-state index contributed by atoms with van der Waals surface area (Å²) in [4.78, 5) is 26.2. The van der Waals surface area contributed by atoms with Gasteiger partial charge in [0.05, 0.1) is 41.4 Å². The van der Waals surface area contributed by atoms with Gasteiger partial charge >= 0.3 is 6.18 Å². The number of hydrogen-bond donors (Lipinski definition) is 2. The van der Waals surface area contributed by atoms with Crippen LogP contribution < -0.4 is 0 Å². The molecule has 0 unspecified atom stereocenters. The number of imidazole rings is 1. The van der Waals surface area contributed by atoms with Gasteiger partial charge in [-0.3, -0.25) is 9.78 Å². The number of carbonyl (C=O) groups excluding carboxylic acids is 1. The minimum atomic E-state index is -4.75. The van der Waals surface area contributed by atoms with E-state index in [9.17, 15) is 27.5 Å². The Morgan fingerprint density at radius 1 is 1.12 bits per heavy atom. The number of rotatable bonds is 5. The number of halogens is 6. The van der Waals surface area contributed by atoms with Gasteiger partial charge in [0.25, 0.3) is 0 Å². The van der Waals surface area contributed by atoms with Crippen LogP contribution in [0.4, 0.5) is 22.0 Å². The van der Waals surface area contributed by atoms with Crippen molar-refractivity contribution in [2.45, 2.75) is 44.1 Å². The standard InChI is InChI=1S/C26H19ClF5N7O2/c27-15-2-4-18(38-10-20(36-37-38)26(30,31)32)22(24(15)29)12-7-13-1-3-19(39(13)21(41)8-12)25-34-9-16(35-25)14-5-6-33-17(11-40)23(14)28/h2,4-6,8-10,13,19,40H,1,3,7,11H2,(H,34,35)/t13-,19+/m1/s1. The number of hydrogen-bond acceptors (Lipinski definition) is 6. The molecule has 5 heterocycles. The Morgan fingerprint density at radius 3 is 2.66 bits per heavy atom. The highest BCUT2D eigenvalue weighted by atomic mass is 35.5. The van der Waals surface area contributed by atoms with Crippen molar-refractivity contribution >= 4 is 23.1 Å². The first-order valence-electron chi connectivity index (χ1n) is 12.4. The highest BCUT2D eigenvalue weighted by molar-refractivity contribution is 6.31. The summed E-state index contributed by atoms with van der Waals surface area (Å²) in [6.45, 7) is -0.572. The summed E-state index contributed by atoms with van der Waals surface area (Å²) < 4.78 is 70.3. The van der Waals surface area contributed by atoms with Gasteiger partial charge < -0.3 is 15.0 Å². The Balaban J connectivity index is 1.33. The van der Waals surface area contributed by atoms with Gasteiger partial charge in [-0.05, 0) is 43.0 Å². The van der Waals surface area contributed by atoms with Crippen LogP contribution in [0.5, 0.6) is 0 Å². The summed E-state index contributed by atoms with van der Waals surface area (Å²) in [6.07, 6.45) is 1.14. The molecule has 2 aliphatic rings. The van der Waals surface area contributed by atoms with Crippen LogP contribution in [0.2, 0.25) is 5.02 Å². The molecule has 4 aromatic rings. The Labute approximate surface area is 233 Å². The van der Waals surface area contributed by atoms with E-state index in [2.05, 4.69) is 25.3 Å². The smallest absolute Gasteiger partial charge is 0.390 e. The Morgan fingerprint density at radius 2 is 1.93 bits per heavy atom. The number of pyridine rings is 1. The minimum Gasteiger partial charge on any atom is -0.390 e. The molecule has 0 saturated carbocycles. The molecular formula is C26H19ClF5N7O2. The highest BCUT2D eigenvalue weighted by Crippen LogP contribution is 2.44. The van der Waals surface area contributed by atoms with Gasteiger partial charge in [-0.25, -0.2) is 18.4 Å². The maximum absolute atomic E-state index is 15.4. The summed E-state index contributed by atoms with van der Waals surface area (Å²) in [5.41, 5.74) is -0.793. The number of nitrogens with one attached hydrogen (secondary N) is 1. The molecule has 2 aliphatic heterocycles. The molecule has 2 atom stereocenters. The monoisotopic (exact) mass is 591 g/mol.